The maximum Gasteiger partial charge on any atom is 0.255 e. The van der Waals surface area contributed by atoms with Gasteiger partial charge in [0.15, 0.2) is 5.65 Å². The second-order valence-electron chi connectivity index (χ2n) is 6.64. The number of carbonyl (C=O) groups excluding carboxylic acids is 2. The van der Waals surface area contributed by atoms with E-state index in [1.54, 1.807) is 35.1 Å². The molecular formula is C22H19N5O2. The van der Waals surface area contributed by atoms with Crippen LogP contribution in [-0.2, 0) is 4.79 Å². The summed E-state index contributed by atoms with van der Waals surface area (Å²) in [7, 11) is 0. The number of benzene rings is 2. The van der Waals surface area contributed by atoms with Gasteiger partial charge in [0.2, 0.25) is 5.91 Å². The molecule has 0 unspecified atom stereocenters. The van der Waals surface area contributed by atoms with Crippen LogP contribution in [0.5, 0.6) is 0 Å². The third kappa shape index (κ3) is 3.84. The fourth-order valence-electron chi connectivity index (χ4n) is 3.11. The van der Waals surface area contributed by atoms with Crippen LogP contribution in [0.4, 0.5) is 11.4 Å². The maximum absolute atomic E-state index is 12.6. The Morgan fingerprint density at radius 3 is 2.48 bits per heavy atom. The van der Waals surface area contributed by atoms with Gasteiger partial charge < -0.3 is 10.6 Å². The Morgan fingerprint density at radius 2 is 1.72 bits per heavy atom. The monoisotopic (exact) mass is 385 g/mol. The molecule has 0 aliphatic heterocycles. The van der Waals surface area contributed by atoms with Gasteiger partial charge in [0, 0.05) is 23.6 Å². The van der Waals surface area contributed by atoms with Crippen molar-refractivity contribution >= 4 is 34.2 Å². The van der Waals surface area contributed by atoms with Crippen molar-refractivity contribution in [1.29, 1.82) is 0 Å². The van der Waals surface area contributed by atoms with Crippen LogP contribution >= 0.6 is 0 Å². The Kier molecular flexibility index (Phi) is 4.78. The van der Waals surface area contributed by atoms with Gasteiger partial charge in [-0.3, -0.25) is 9.59 Å². The summed E-state index contributed by atoms with van der Waals surface area (Å²) in [5.41, 5.74) is 4.04. The quantitative estimate of drug-likeness (QED) is 0.557. The van der Waals surface area contributed by atoms with E-state index in [-0.39, 0.29) is 11.8 Å². The van der Waals surface area contributed by atoms with Crippen molar-refractivity contribution in [3.8, 4) is 5.69 Å². The van der Waals surface area contributed by atoms with E-state index in [4.69, 9.17) is 0 Å². The number of pyridine rings is 1. The molecule has 4 aromatic rings. The third-order valence-electron chi connectivity index (χ3n) is 4.41. The van der Waals surface area contributed by atoms with Gasteiger partial charge in [-0.2, -0.15) is 5.10 Å². The van der Waals surface area contributed by atoms with Gasteiger partial charge in [0.05, 0.1) is 23.3 Å². The van der Waals surface area contributed by atoms with E-state index in [2.05, 4.69) is 20.7 Å². The Hall–Kier alpha value is -4.00. The molecule has 2 amide bonds. The third-order valence-corrected chi connectivity index (χ3v) is 4.41. The summed E-state index contributed by atoms with van der Waals surface area (Å²) < 4.78 is 1.78. The largest absolute Gasteiger partial charge is 0.326 e. The lowest BCUT2D eigenvalue weighted by Crippen LogP contribution is -2.13. The fourth-order valence-corrected chi connectivity index (χ4v) is 3.11. The van der Waals surface area contributed by atoms with Crippen LogP contribution in [0.15, 0.2) is 66.9 Å². The second kappa shape index (κ2) is 7.55. The number of amides is 2. The molecule has 0 aliphatic rings. The van der Waals surface area contributed by atoms with Crippen molar-refractivity contribution in [1.82, 2.24) is 14.8 Å². The molecular weight excluding hydrogens is 366 g/mol. The smallest absolute Gasteiger partial charge is 0.255 e. The number of nitrogens with zero attached hydrogens (tertiary/aromatic N) is 3. The molecule has 0 spiro atoms. The van der Waals surface area contributed by atoms with Crippen LogP contribution in [0.1, 0.15) is 23.0 Å². The van der Waals surface area contributed by atoms with Gasteiger partial charge in [-0.05, 0) is 43.3 Å². The number of anilines is 2. The van der Waals surface area contributed by atoms with E-state index in [1.807, 2.05) is 43.3 Å². The summed E-state index contributed by atoms with van der Waals surface area (Å²) in [6, 6.07) is 18.4. The van der Waals surface area contributed by atoms with E-state index >= 15 is 0 Å². The molecule has 0 radical (unpaired) electrons. The van der Waals surface area contributed by atoms with Gasteiger partial charge in [-0.25, -0.2) is 9.67 Å². The van der Waals surface area contributed by atoms with Gasteiger partial charge >= 0.3 is 0 Å². The molecule has 2 N–H and O–H groups in total. The van der Waals surface area contributed by atoms with E-state index < -0.39 is 0 Å². The topological polar surface area (TPSA) is 88.9 Å². The highest BCUT2D eigenvalue weighted by molar-refractivity contribution is 6.05. The zero-order valence-electron chi connectivity index (χ0n) is 16.0. The molecule has 0 saturated carbocycles. The number of aromatic nitrogens is 3. The molecule has 0 saturated heterocycles. The highest BCUT2D eigenvalue weighted by atomic mass is 16.2. The van der Waals surface area contributed by atoms with Crippen LogP contribution in [0, 0.1) is 6.92 Å². The van der Waals surface area contributed by atoms with Crippen molar-refractivity contribution < 1.29 is 9.59 Å². The molecule has 2 aromatic heterocycles. The van der Waals surface area contributed by atoms with Crippen LogP contribution in [-0.4, -0.2) is 26.6 Å². The zero-order chi connectivity index (χ0) is 20.4. The molecule has 144 valence electrons. The highest BCUT2D eigenvalue weighted by Crippen LogP contribution is 2.23. The molecule has 7 heteroatoms. The van der Waals surface area contributed by atoms with Gasteiger partial charge in [-0.1, -0.05) is 24.3 Å². The number of para-hydroxylation sites is 1. The minimum atomic E-state index is -0.286. The molecule has 0 fully saturated rings. The van der Waals surface area contributed by atoms with Gasteiger partial charge in [-0.15, -0.1) is 0 Å². The zero-order valence-corrected chi connectivity index (χ0v) is 16.0. The first-order chi connectivity index (χ1) is 14.0. The van der Waals surface area contributed by atoms with Crippen molar-refractivity contribution in [3.63, 3.8) is 0 Å². The average molecular weight is 385 g/mol. The minimum absolute atomic E-state index is 0.192. The number of hydrogen-bond acceptors (Lipinski definition) is 4. The summed E-state index contributed by atoms with van der Waals surface area (Å²) in [4.78, 5) is 28.4. The number of hydrogen-bond donors (Lipinski definition) is 2. The van der Waals surface area contributed by atoms with Crippen molar-refractivity contribution in [2.45, 2.75) is 13.8 Å². The average Bonchev–Trinajstić information content (AvgIpc) is 3.04. The van der Waals surface area contributed by atoms with Crippen LogP contribution < -0.4 is 10.6 Å². The number of nitrogens with one attached hydrogen (secondary N) is 2. The molecule has 0 aliphatic carbocycles. The molecule has 4 rings (SSSR count). The van der Waals surface area contributed by atoms with Crippen LogP contribution in [0.2, 0.25) is 0 Å². The first-order valence-electron chi connectivity index (χ1n) is 9.11. The van der Waals surface area contributed by atoms with E-state index in [9.17, 15) is 9.59 Å². The predicted molar refractivity (Wildman–Crippen MR) is 112 cm³/mol. The van der Waals surface area contributed by atoms with Crippen molar-refractivity contribution in [2.24, 2.45) is 0 Å². The summed E-state index contributed by atoms with van der Waals surface area (Å²) in [6.45, 7) is 3.33. The minimum Gasteiger partial charge on any atom is -0.326 e. The standard InChI is InChI=1S/C22H19N5O2/c1-14-20-12-18(13-23-21(20)27(26-14)19-9-4-3-5-10-19)25-22(29)16-7-6-8-17(11-16)24-15(2)28/h3-13H,1-2H3,(H,24,28)(H,25,29). The molecule has 7 nitrogen and oxygen atoms in total. The lowest BCUT2D eigenvalue weighted by molar-refractivity contribution is -0.114. The first kappa shape index (κ1) is 18.4. The Labute approximate surface area is 167 Å². The number of aryl methyl sites for hydroxylation is 1. The summed E-state index contributed by atoms with van der Waals surface area (Å²) >= 11 is 0. The Morgan fingerprint density at radius 1 is 0.931 bits per heavy atom. The lowest BCUT2D eigenvalue weighted by atomic mass is 10.2. The highest BCUT2D eigenvalue weighted by Gasteiger charge is 2.13. The molecule has 29 heavy (non-hydrogen) atoms. The van der Waals surface area contributed by atoms with Crippen molar-refractivity contribution in [2.75, 3.05) is 10.6 Å². The molecule has 2 aromatic carbocycles. The first-order valence-corrected chi connectivity index (χ1v) is 9.11. The number of fused-ring (bicyclic) bond motifs is 1. The lowest BCUT2D eigenvalue weighted by Gasteiger charge is -2.08. The molecule has 0 atom stereocenters. The SMILES string of the molecule is CC(=O)Nc1cccc(C(=O)Nc2cnc3c(c2)c(C)nn3-c2ccccc2)c1. The van der Waals surface area contributed by atoms with E-state index in [1.165, 1.54) is 6.92 Å². The number of rotatable bonds is 4. The fraction of sp³-hybridized carbons (Fsp3) is 0.0909. The summed E-state index contributed by atoms with van der Waals surface area (Å²) in [5.74, 6) is -0.477. The second-order valence-corrected chi connectivity index (χ2v) is 6.64. The van der Waals surface area contributed by atoms with Crippen molar-refractivity contribution in [3.05, 3.63) is 78.1 Å². The molecule has 2 heterocycles. The Balaban J connectivity index is 1.62. The van der Waals surface area contributed by atoms with Crippen LogP contribution in [0.25, 0.3) is 16.7 Å². The maximum atomic E-state index is 12.6. The van der Waals surface area contributed by atoms with Gasteiger partial charge in [0.1, 0.15) is 0 Å². The van der Waals surface area contributed by atoms with E-state index in [0.717, 1.165) is 22.4 Å². The summed E-state index contributed by atoms with van der Waals surface area (Å²) in [5, 5.41) is 11.0. The van der Waals surface area contributed by atoms with E-state index in [0.29, 0.717) is 16.9 Å². The number of carbonyl (C=O) groups is 2. The molecule has 0 bridgehead atoms. The normalized spacial score (nSPS) is 10.7. The van der Waals surface area contributed by atoms with Crippen LogP contribution in [0.3, 0.4) is 0 Å². The van der Waals surface area contributed by atoms with Gasteiger partial charge in [0.25, 0.3) is 5.91 Å². The predicted octanol–water partition coefficient (Wildman–Crippen LogP) is 3.94. The summed E-state index contributed by atoms with van der Waals surface area (Å²) in [6.07, 6.45) is 1.61. The Bertz CT molecular complexity index is 1210.